The second kappa shape index (κ2) is 2.82. The second-order valence-corrected chi connectivity index (χ2v) is 2.81. The van der Waals surface area contributed by atoms with Gasteiger partial charge in [-0.3, -0.25) is 0 Å². The summed E-state index contributed by atoms with van der Waals surface area (Å²) in [6.45, 7) is 2.40. The first-order valence-corrected chi connectivity index (χ1v) is 3.78. The van der Waals surface area contributed by atoms with Gasteiger partial charge in [-0.15, -0.1) is 0 Å². The molecule has 0 aromatic heterocycles. The van der Waals surface area contributed by atoms with Crippen LogP contribution in [-0.2, 0) is 0 Å². The van der Waals surface area contributed by atoms with Crippen LogP contribution >= 0.6 is 0 Å². The Bertz CT molecular complexity index is 114. The number of hydrogen-bond acceptors (Lipinski definition) is 1. The highest BCUT2D eigenvalue weighted by Crippen LogP contribution is 2.29. The van der Waals surface area contributed by atoms with Crippen LogP contribution in [0.15, 0.2) is 0 Å². The largest absolute Gasteiger partial charge is 0.308 e. The molecule has 0 aliphatic carbocycles. The predicted molar refractivity (Wildman–Crippen MR) is 36.3 cm³/mol. The van der Waals surface area contributed by atoms with Gasteiger partial charge in [-0.05, 0) is 6.42 Å². The molecule has 0 saturated carbocycles. The van der Waals surface area contributed by atoms with E-state index < -0.39 is 12.0 Å². The molecule has 0 spiro atoms. The zero-order valence-corrected chi connectivity index (χ0v) is 6.16. The molecule has 0 radical (unpaired) electrons. The van der Waals surface area contributed by atoms with Crippen LogP contribution in [0.2, 0.25) is 0 Å². The van der Waals surface area contributed by atoms with Crippen LogP contribution in [0.5, 0.6) is 0 Å². The Hall–Kier alpha value is -0.180. The van der Waals surface area contributed by atoms with Gasteiger partial charge in [0.2, 0.25) is 0 Å². The Labute approximate surface area is 59.8 Å². The SMILES string of the molecule is CCCC1NCCC1(F)F. The van der Waals surface area contributed by atoms with E-state index >= 15 is 0 Å². The first kappa shape index (κ1) is 7.92. The van der Waals surface area contributed by atoms with Gasteiger partial charge in [-0.2, -0.15) is 0 Å². The first-order valence-electron chi connectivity index (χ1n) is 3.78. The molecular weight excluding hydrogens is 136 g/mol. The van der Waals surface area contributed by atoms with Crippen molar-refractivity contribution in [1.29, 1.82) is 0 Å². The summed E-state index contributed by atoms with van der Waals surface area (Å²) in [4.78, 5) is 0. The Morgan fingerprint density at radius 2 is 2.30 bits per heavy atom. The fraction of sp³-hybridized carbons (Fsp3) is 1.00. The Morgan fingerprint density at radius 1 is 1.60 bits per heavy atom. The van der Waals surface area contributed by atoms with Gasteiger partial charge in [0.1, 0.15) is 0 Å². The fourth-order valence-electron chi connectivity index (χ4n) is 1.34. The molecule has 10 heavy (non-hydrogen) atoms. The number of nitrogens with one attached hydrogen (secondary N) is 1. The van der Waals surface area contributed by atoms with Crippen molar-refractivity contribution in [2.24, 2.45) is 0 Å². The van der Waals surface area contributed by atoms with Crippen LogP contribution < -0.4 is 5.32 Å². The van der Waals surface area contributed by atoms with E-state index in [1.54, 1.807) is 0 Å². The normalized spacial score (nSPS) is 30.9. The van der Waals surface area contributed by atoms with Crippen molar-refractivity contribution in [2.45, 2.75) is 38.2 Å². The third-order valence-electron chi connectivity index (χ3n) is 1.94. The van der Waals surface area contributed by atoms with E-state index in [-0.39, 0.29) is 6.42 Å². The zero-order valence-electron chi connectivity index (χ0n) is 6.16. The lowest BCUT2D eigenvalue weighted by atomic mass is 10.1. The van der Waals surface area contributed by atoms with E-state index in [0.29, 0.717) is 13.0 Å². The minimum atomic E-state index is -2.45. The fourth-order valence-corrected chi connectivity index (χ4v) is 1.34. The summed E-state index contributed by atoms with van der Waals surface area (Å²) in [5.74, 6) is -2.45. The van der Waals surface area contributed by atoms with E-state index in [4.69, 9.17) is 0 Å². The summed E-state index contributed by atoms with van der Waals surface area (Å²) in [6.07, 6.45) is 1.43. The molecule has 0 amide bonds. The third-order valence-corrected chi connectivity index (χ3v) is 1.94. The maximum atomic E-state index is 12.7. The highest BCUT2D eigenvalue weighted by molar-refractivity contribution is 4.89. The van der Waals surface area contributed by atoms with E-state index in [0.717, 1.165) is 6.42 Å². The lowest BCUT2D eigenvalue weighted by molar-refractivity contribution is -0.0133. The Kier molecular flexibility index (Phi) is 2.24. The lowest BCUT2D eigenvalue weighted by Gasteiger charge is -2.17. The molecule has 1 aliphatic rings. The van der Waals surface area contributed by atoms with Crippen molar-refractivity contribution in [3.05, 3.63) is 0 Å². The molecular formula is C7H13F2N. The molecule has 1 nitrogen and oxygen atoms in total. The molecule has 1 N–H and O–H groups in total. The molecule has 0 bridgehead atoms. The molecule has 3 heteroatoms. The summed E-state index contributed by atoms with van der Waals surface area (Å²) in [5.41, 5.74) is 0. The van der Waals surface area contributed by atoms with Crippen molar-refractivity contribution in [1.82, 2.24) is 5.32 Å². The Morgan fingerprint density at radius 3 is 2.70 bits per heavy atom. The van der Waals surface area contributed by atoms with Gasteiger partial charge in [-0.25, -0.2) is 8.78 Å². The minimum absolute atomic E-state index is 0.0116. The van der Waals surface area contributed by atoms with E-state index in [1.807, 2.05) is 6.92 Å². The molecule has 0 aromatic rings. The van der Waals surface area contributed by atoms with Gasteiger partial charge < -0.3 is 5.32 Å². The van der Waals surface area contributed by atoms with Gasteiger partial charge in [0.15, 0.2) is 0 Å². The van der Waals surface area contributed by atoms with Gasteiger partial charge in [-0.1, -0.05) is 13.3 Å². The molecule has 1 fully saturated rings. The summed E-state index contributed by atoms with van der Waals surface area (Å²) >= 11 is 0. The highest BCUT2D eigenvalue weighted by atomic mass is 19.3. The molecule has 1 aliphatic heterocycles. The van der Waals surface area contributed by atoms with Crippen molar-refractivity contribution < 1.29 is 8.78 Å². The van der Waals surface area contributed by atoms with E-state index in [2.05, 4.69) is 5.32 Å². The maximum absolute atomic E-state index is 12.7. The summed E-state index contributed by atoms with van der Waals surface area (Å²) in [6, 6.07) is -0.558. The maximum Gasteiger partial charge on any atom is 0.264 e. The van der Waals surface area contributed by atoms with Gasteiger partial charge in [0, 0.05) is 13.0 Å². The number of alkyl halides is 2. The molecule has 1 saturated heterocycles. The van der Waals surface area contributed by atoms with Crippen molar-refractivity contribution in [3.63, 3.8) is 0 Å². The predicted octanol–water partition coefficient (Wildman–Crippen LogP) is 1.78. The lowest BCUT2D eigenvalue weighted by Crippen LogP contribution is -2.34. The average Bonchev–Trinajstić information content (AvgIpc) is 2.13. The van der Waals surface area contributed by atoms with E-state index in [1.165, 1.54) is 0 Å². The minimum Gasteiger partial charge on any atom is -0.308 e. The number of halogens is 2. The zero-order chi connectivity index (χ0) is 7.61. The van der Waals surface area contributed by atoms with Crippen molar-refractivity contribution >= 4 is 0 Å². The van der Waals surface area contributed by atoms with Crippen LogP contribution in [0.3, 0.4) is 0 Å². The quantitative estimate of drug-likeness (QED) is 0.631. The van der Waals surface area contributed by atoms with Gasteiger partial charge >= 0.3 is 0 Å². The van der Waals surface area contributed by atoms with Gasteiger partial charge in [0.25, 0.3) is 5.92 Å². The van der Waals surface area contributed by atoms with Crippen LogP contribution in [0.25, 0.3) is 0 Å². The number of hydrogen-bond donors (Lipinski definition) is 1. The standard InChI is InChI=1S/C7H13F2N/c1-2-3-6-7(8,9)4-5-10-6/h6,10H,2-5H2,1H3. The molecule has 1 atom stereocenters. The van der Waals surface area contributed by atoms with E-state index in [9.17, 15) is 8.78 Å². The van der Waals surface area contributed by atoms with Gasteiger partial charge in [0.05, 0.1) is 6.04 Å². The molecule has 1 unspecified atom stereocenters. The van der Waals surface area contributed by atoms with Crippen LogP contribution in [0, 0.1) is 0 Å². The Balaban J connectivity index is 2.43. The average molecular weight is 149 g/mol. The second-order valence-electron chi connectivity index (χ2n) is 2.81. The summed E-state index contributed by atoms with van der Waals surface area (Å²) in [5, 5.41) is 2.80. The monoisotopic (exact) mass is 149 g/mol. The van der Waals surface area contributed by atoms with Crippen LogP contribution in [0.1, 0.15) is 26.2 Å². The third kappa shape index (κ3) is 1.45. The summed E-state index contributed by atoms with van der Waals surface area (Å²) < 4.78 is 25.5. The smallest absolute Gasteiger partial charge is 0.264 e. The molecule has 1 rings (SSSR count). The first-order chi connectivity index (χ1) is 4.67. The van der Waals surface area contributed by atoms with Crippen LogP contribution in [-0.4, -0.2) is 18.5 Å². The molecule has 60 valence electrons. The molecule has 1 heterocycles. The molecule has 0 aromatic carbocycles. The topological polar surface area (TPSA) is 12.0 Å². The van der Waals surface area contributed by atoms with Crippen LogP contribution in [0.4, 0.5) is 8.78 Å². The van der Waals surface area contributed by atoms with Crippen molar-refractivity contribution in [2.75, 3.05) is 6.54 Å². The summed E-state index contributed by atoms with van der Waals surface area (Å²) in [7, 11) is 0. The number of rotatable bonds is 2. The highest BCUT2D eigenvalue weighted by Gasteiger charge is 2.42. The van der Waals surface area contributed by atoms with Crippen molar-refractivity contribution in [3.8, 4) is 0 Å².